The van der Waals surface area contributed by atoms with Crippen LogP contribution in [0.2, 0.25) is 0 Å². The molecule has 0 atom stereocenters. The second kappa shape index (κ2) is 16.8. The highest BCUT2D eigenvalue weighted by Crippen LogP contribution is -2.99. The molecule has 0 aromatic rings. The molecule has 0 aliphatic heterocycles. The van der Waals surface area contributed by atoms with Crippen molar-refractivity contribution in [1.82, 2.24) is 0 Å². The average molecular weight is 516 g/mol. The summed E-state index contributed by atoms with van der Waals surface area (Å²) in [7, 11) is 0. The Morgan fingerprint density at radius 1 is 0.250 bits per heavy atom. The molecule has 0 spiro atoms. The molecule has 0 nitrogen and oxygen atoms in total. The normalized spacial score (nSPS) is 0. The highest BCUT2D eigenvalue weighted by molar-refractivity contribution is 0.00300. The quantitative estimate of drug-likeness (QED) is 0.281. The van der Waals surface area contributed by atoms with Crippen LogP contribution in [0, 0.1) is 0 Å². The van der Waals surface area contributed by atoms with Crippen molar-refractivity contribution < 1.29 is 95.9 Å². The van der Waals surface area contributed by atoms with Crippen LogP contribution in [0.1, 0.15) is 0 Å². The van der Waals surface area contributed by atoms with Gasteiger partial charge >= 0.3 is 0 Å². The molecule has 0 aliphatic carbocycles. The van der Waals surface area contributed by atoms with Gasteiger partial charge in [-0.15, -0.1) is 0 Å². The fraction of sp³-hybridized carbons (Fsp3) is 0. The number of rotatable bonds is 0. The van der Waals surface area contributed by atoms with Crippen molar-refractivity contribution in [3.05, 3.63) is 0 Å². The van der Waals surface area contributed by atoms with Crippen LogP contribution < -0.4 is 95.9 Å². The first-order chi connectivity index (χ1) is 0. The zero-order valence-electron chi connectivity index (χ0n) is 1.79. The van der Waals surface area contributed by atoms with Gasteiger partial charge in [-0.25, -0.2) is 0 Å². The molecule has 0 radical (unpaired) electrons. The lowest BCUT2D eigenvalue weighted by Gasteiger charge is 0.234. The Balaban J connectivity index is 0. The third-order valence-electron chi connectivity index (χ3n) is 0. The molecule has 0 saturated heterocycles. The van der Waals surface area contributed by atoms with Crippen LogP contribution in [0.25, 0.3) is 0 Å². The standard InChI is InChI=1S/4H2I/h4*1H2/q4*+1. The van der Waals surface area contributed by atoms with E-state index in [-0.39, 0.29) is 95.9 Å². The predicted octanol–water partition coefficient (Wildman–Crippen LogP) is -14.1. The molecule has 0 N–H and O–H groups in total. The van der Waals surface area contributed by atoms with E-state index in [9.17, 15) is 0 Å². The van der Waals surface area contributed by atoms with Gasteiger partial charge in [-0.3, -0.25) is 0 Å². The Hall–Kier alpha value is 2.92. The molecule has 32 valence electrons. The van der Waals surface area contributed by atoms with Crippen molar-refractivity contribution in [2.75, 3.05) is 0 Å². The summed E-state index contributed by atoms with van der Waals surface area (Å²) in [6, 6.07) is 0. The minimum Gasteiger partial charge on any atom is 0.235 e. The maximum atomic E-state index is 0. The minimum absolute atomic E-state index is 0. The molecule has 4 heavy (non-hydrogen) atoms. The first-order valence-electron chi connectivity index (χ1n) is 0. The summed E-state index contributed by atoms with van der Waals surface area (Å²) in [4.78, 5) is 0. The molecular weight excluding hydrogens is 508 g/mol. The van der Waals surface area contributed by atoms with E-state index in [1.54, 1.807) is 0 Å². The van der Waals surface area contributed by atoms with Crippen molar-refractivity contribution in [3.63, 3.8) is 0 Å². The SMILES string of the molecule is [IH2+].[IH2+].[IH2+].[IH2+]. The zero-order valence-corrected chi connectivity index (χ0v) is 12.0. The first kappa shape index (κ1) is 28.4. The first-order valence-corrected chi connectivity index (χ1v) is 0. The van der Waals surface area contributed by atoms with E-state index >= 15 is 0 Å². The van der Waals surface area contributed by atoms with Crippen LogP contribution in [0.15, 0.2) is 0 Å². The Bertz CT molecular complexity index is 0. The molecule has 4 heteroatoms. The van der Waals surface area contributed by atoms with Crippen molar-refractivity contribution in [1.29, 1.82) is 0 Å². The van der Waals surface area contributed by atoms with Gasteiger partial charge in [0.2, 0.25) is 95.9 Å². The fourth-order valence-corrected chi connectivity index (χ4v) is 0. The summed E-state index contributed by atoms with van der Waals surface area (Å²) in [5.74, 6) is 0. The fourth-order valence-electron chi connectivity index (χ4n) is 0. The van der Waals surface area contributed by atoms with Gasteiger partial charge in [0.15, 0.2) is 0 Å². The van der Waals surface area contributed by atoms with Crippen molar-refractivity contribution in [3.8, 4) is 0 Å². The van der Waals surface area contributed by atoms with E-state index in [0.717, 1.165) is 0 Å². The number of hydrogen-bond acceptors (Lipinski definition) is 0. The largest absolute Gasteiger partial charge is 0.235 e. The van der Waals surface area contributed by atoms with Gasteiger partial charge in [0, 0.05) is 0 Å². The maximum Gasteiger partial charge on any atom is 0.235 e. The monoisotopic (exact) mass is 516 g/mol. The van der Waals surface area contributed by atoms with E-state index in [1.807, 2.05) is 0 Å². The van der Waals surface area contributed by atoms with Crippen molar-refractivity contribution >= 4 is 0 Å². The van der Waals surface area contributed by atoms with Crippen LogP contribution in [0.4, 0.5) is 0 Å². The zero-order chi connectivity index (χ0) is 0. The number of hydrogen-bond donors (Lipinski definition) is 0. The van der Waals surface area contributed by atoms with Gasteiger partial charge in [-0.05, 0) is 0 Å². The van der Waals surface area contributed by atoms with Gasteiger partial charge in [0.1, 0.15) is 0 Å². The maximum absolute atomic E-state index is 0. The molecule has 0 aliphatic rings. The smallest absolute Gasteiger partial charge is 0.235 e. The van der Waals surface area contributed by atoms with Crippen LogP contribution in [-0.4, -0.2) is 0 Å². The predicted molar refractivity (Wildman–Crippen MR) is 11.2 cm³/mol. The molecule has 0 unspecified atom stereocenters. The third kappa shape index (κ3) is 8.87. The molecule has 0 aromatic carbocycles. The van der Waals surface area contributed by atoms with Gasteiger partial charge < -0.3 is 0 Å². The van der Waals surface area contributed by atoms with Crippen LogP contribution in [0.5, 0.6) is 0 Å². The summed E-state index contributed by atoms with van der Waals surface area (Å²) in [5, 5.41) is 0. The Kier molecular flexibility index (Phi) is 120. The highest BCUT2D eigenvalue weighted by atomic mass is 127. The Labute approximate surface area is 93.9 Å². The Morgan fingerprint density at radius 3 is 0.250 bits per heavy atom. The Morgan fingerprint density at radius 2 is 0.250 bits per heavy atom. The van der Waals surface area contributed by atoms with Gasteiger partial charge in [-0.2, -0.15) is 0 Å². The summed E-state index contributed by atoms with van der Waals surface area (Å²) in [6.45, 7) is 0. The molecule has 0 rings (SSSR count). The summed E-state index contributed by atoms with van der Waals surface area (Å²) in [6.07, 6.45) is 0. The van der Waals surface area contributed by atoms with E-state index in [1.165, 1.54) is 0 Å². The lowest BCUT2D eigenvalue weighted by atomic mass is 127. The van der Waals surface area contributed by atoms with Crippen LogP contribution in [-0.2, 0) is 0 Å². The van der Waals surface area contributed by atoms with Gasteiger partial charge in [-0.1, -0.05) is 0 Å². The second-order valence-corrected chi connectivity index (χ2v) is 0. The topological polar surface area (TPSA) is 0 Å². The summed E-state index contributed by atoms with van der Waals surface area (Å²) < 4.78 is 0. The third-order valence-corrected chi connectivity index (χ3v) is 0. The highest BCUT2D eigenvalue weighted by Gasteiger charge is 0.238. The van der Waals surface area contributed by atoms with E-state index in [0.29, 0.717) is 0 Å². The van der Waals surface area contributed by atoms with E-state index < -0.39 is 0 Å². The molecule has 0 bridgehead atoms. The van der Waals surface area contributed by atoms with E-state index in [4.69, 9.17) is 0 Å². The molecule has 0 amide bonds. The average Bonchev–Trinajstić information content (AvgIpc) is 0. The lowest BCUT2D eigenvalue weighted by molar-refractivity contribution is -0.00100. The van der Waals surface area contributed by atoms with Crippen molar-refractivity contribution in [2.45, 2.75) is 0 Å². The molecule has 0 aromatic heterocycles. The van der Waals surface area contributed by atoms with Gasteiger partial charge in [0.25, 0.3) is 0 Å². The molecule has 0 fully saturated rings. The van der Waals surface area contributed by atoms with Gasteiger partial charge in [0.05, 0.1) is 0 Å². The molecule has 0 saturated carbocycles. The second-order valence-electron chi connectivity index (χ2n) is 0. The minimum atomic E-state index is 0. The summed E-state index contributed by atoms with van der Waals surface area (Å²) >= 11 is 0. The van der Waals surface area contributed by atoms with Crippen molar-refractivity contribution in [2.24, 2.45) is 0 Å². The molecular formula is H8I4+4. The lowest BCUT2D eigenvalue weighted by Crippen LogP contribution is -3.00. The number of halogens is 4. The van der Waals surface area contributed by atoms with Crippen LogP contribution in [0.3, 0.4) is 0 Å². The van der Waals surface area contributed by atoms with Crippen LogP contribution >= 0.6 is 0 Å². The molecule has 0 heterocycles. The summed E-state index contributed by atoms with van der Waals surface area (Å²) in [5.41, 5.74) is 0. The van der Waals surface area contributed by atoms with E-state index in [2.05, 4.69) is 0 Å².